The maximum Gasteiger partial charge on any atom is 0.258 e. The summed E-state index contributed by atoms with van der Waals surface area (Å²) >= 11 is 4.94. The molecule has 3 rings (SSSR count). The molecule has 2 aliphatic heterocycles. The highest BCUT2D eigenvalue weighted by Gasteiger charge is 2.35. The number of hydrogen-bond donors (Lipinski definition) is 3. The normalized spacial score (nSPS) is 21.7. The Hall–Kier alpha value is -2.06. The Bertz CT molecular complexity index is 593. The molecular formula is C11H12N6OS. The number of amides is 1. The van der Waals surface area contributed by atoms with E-state index in [1.54, 1.807) is 11.2 Å². The Balaban J connectivity index is 1.93. The van der Waals surface area contributed by atoms with Gasteiger partial charge in [-0.15, -0.1) is 0 Å². The Morgan fingerprint density at radius 1 is 1.32 bits per heavy atom. The molecule has 7 nitrogen and oxygen atoms in total. The Kier molecular flexibility index (Phi) is 2.68. The number of anilines is 1. The molecule has 1 aromatic heterocycles. The number of aryl methyl sites for hydroxylation is 2. The molecule has 8 heteroatoms. The summed E-state index contributed by atoms with van der Waals surface area (Å²) in [5.74, 6) is 0.285. The quantitative estimate of drug-likeness (QED) is 0.604. The molecule has 0 saturated carbocycles. The number of carbonyl (C=O) groups is 1. The molecule has 98 valence electrons. The lowest BCUT2D eigenvalue weighted by atomic mass is 10.2. The molecule has 0 spiro atoms. The third kappa shape index (κ3) is 2.15. The number of hydrogen-bond acceptors (Lipinski definition) is 6. The number of rotatable bonds is 1. The predicted molar refractivity (Wildman–Crippen MR) is 72.9 cm³/mol. The number of carbonyl (C=O) groups excluding carboxylic acids is 1. The second-order valence-corrected chi connectivity index (χ2v) is 4.80. The van der Waals surface area contributed by atoms with Crippen LogP contribution < -0.4 is 21.1 Å². The predicted octanol–water partition coefficient (Wildman–Crippen LogP) is -0.368. The van der Waals surface area contributed by atoms with E-state index in [4.69, 9.17) is 12.2 Å². The number of nitrogens with one attached hydrogen (secondary N) is 3. The van der Waals surface area contributed by atoms with Crippen LogP contribution in [-0.2, 0) is 4.79 Å². The second-order valence-electron chi connectivity index (χ2n) is 4.39. The van der Waals surface area contributed by atoms with Gasteiger partial charge in [0.15, 0.2) is 5.11 Å². The first-order valence-electron chi connectivity index (χ1n) is 5.74. The van der Waals surface area contributed by atoms with Crippen LogP contribution in [0, 0.1) is 13.8 Å². The maximum atomic E-state index is 11.8. The molecule has 1 unspecified atom stereocenters. The van der Waals surface area contributed by atoms with Crippen LogP contribution in [0.5, 0.6) is 0 Å². The van der Waals surface area contributed by atoms with E-state index in [2.05, 4.69) is 26.0 Å². The zero-order chi connectivity index (χ0) is 13.6. The topological polar surface area (TPSA) is 82.2 Å². The first-order valence-corrected chi connectivity index (χ1v) is 6.15. The average molecular weight is 276 g/mol. The van der Waals surface area contributed by atoms with Crippen LogP contribution in [0.15, 0.2) is 17.8 Å². The van der Waals surface area contributed by atoms with Gasteiger partial charge in [-0.3, -0.25) is 10.1 Å². The third-order valence-electron chi connectivity index (χ3n) is 2.80. The standard InChI is InChI=1S/C11H12N6OS/c1-5-3-6(2)13-10(12-5)17-4-7-8(16-17)14-11(19)15-9(7)18/h3-4,8,16H,1-2H3,(H2,14,15,18,19). The van der Waals surface area contributed by atoms with Crippen molar-refractivity contribution in [1.29, 1.82) is 0 Å². The van der Waals surface area contributed by atoms with Gasteiger partial charge in [-0.2, -0.15) is 0 Å². The molecule has 0 aromatic carbocycles. The molecule has 1 aromatic rings. The lowest BCUT2D eigenvalue weighted by Crippen LogP contribution is -2.58. The summed E-state index contributed by atoms with van der Waals surface area (Å²) in [6, 6.07) is 1.89. The van der Waals surface area contributed by atoms with Crippen molar-refractivity contribution < 1.29 is 4.79 Å². The third-order valence-corrected chi connectivity index (χ3v) is 3.02. The molecule has 19 heavy (non-hydrogen) atoms. The highest BCUT2D eigenvalue weighted by molar-refractivity contribution is 7.80. The fourth-order valence-corrected chi connectivity index (χ4v) is 2.24. The van der Waals surface area contributed by atoms with E-state index < -0.39 is 0 Å². The van der Waals surface area contributed by atoms with Crippen molar-refractivity contribution in [3.63, 3.8) is 0 Å². The largest absolute Gasteiger partial charge is 0.341 e. The molecule has 0 aliphatic carbocycles. The van der Waals surface area contributed by atoms with Gasteiger partial charge in [-0.25, -0.2) is 20.4 Å². The number of hydrazine groups is 1. The zero-order valence-electron chi connectivity index (χ0n) is 10.4. The van der Waals surface area contributed by atoms with Gasteiger partial charge in [-0.1, -0.05) is 0 Å². The number of fused-ring (bicyclic) bond motifs is 1. The van der Waals surface area contributed by atoms with E-state index in [1.807, 2.05) is 19.9 Å². The zero-order valence-corrected chi connectivity index (χ0v) is 11.2. The van der Waals surface area contributed by atoms with Crippen LogP contribution in [0.25, 0.3) is 0 Å². The van der Waals surface area contributed by atoms with E-state index in [0.717, 1.165) is 11.4 Å². The number of thiocarbonyl (C=S) groups is 1. The van der Waals surface area contributed by atoms with Crippen molar-refractivity contribution in [2.24, 2.45) is 0 Å². The van der Waals surface area contributed by atoms with Crippen molar-refractivity contribution >= 4 is 29.2 Å². The Morgan fingerprint density at radius 2 is 2.00 bits per heavy atom. The first kappa shape index (κ1) is 12.0. The van der Waals surface area contributed by atoms with Gasteiger partial charge in [0.2, 0.25) is 5.95 Å². The Morgan fingerprint density at radius 3 is 2.68 bits per heavy atom. The van der Waals surface area contributed by atoms with Crippen LogP contribution in [-0.4, -0.2) is 27.2 Å². The minimum Gasteiger partial charge on any atom is -0.341 e. The summed E-state index contributed by atoms with van der Waals surface area (Å²) < 4.78 is 0. The molecule has 1 fully saturated rings. The minimum atomic E-state index is -0.342. The number of nitrogens with zero attached hydrogens (tertiary/aromatic N) is 3. The Labute approximate surface area is 115 Å². The van der Waals surface area contributed by atoms with E-state index >= 15 is 0 Å². The lowest BCUT2D eigenvalue weighted by molar-refractivity contribution is -0.116. The van der Waals surface area contributed by atoms with Gasteiger partial charge >= 0.3 is 0 Å². The smallest absolute Gasteiger partial charge is 0.258 e. The molecular weight excluding hydrogens is 264 g/mol. The summed E-state index contributed by atoms with van der Waals surface area (Å²) in [5.41, 5.74) is 5.37. The fraction of sp³-hybridized carbons (Fsp3) is 0.273. The van der Waals surface area contributed by atoms with E-state index in [-0.39, 0.29) is 12.1 Å². The summed E-state index contributed by atoms with van der Waals surface area (Å²) in [4.78, 5) is 20.4. The van der Waals surface area contributed by atoms with Crippen molar-refractivity contribution in [2.45, 2.75) is 20.0 Å². The van der Waals surface area contributed by atoms with E-state index in [0.29, 0.717) is 16.6 Å². The average Bonchev–Trinajstić information content (AvgIpc) is 2.71. The molecule has 3 heterocycles. The molecule has 2 aliphatic rings. The number of aromatic nitrogens is 2. The summed E-state index contributed by atoms with van der Waals surface area (Å²) in [7, 11) is 0. The highest BCUT2D eigenvalue weighted by Crippen LogP contribution is 2.18. The van der Waals surface area contributed by atoms with Gasteiger partial charge in [-0.05, 0) is 32.1 Å². The van der Waals surface area contributed by atoms with Crippen LogP contribution in [0.3, 0.4) is 0 Å². The van der Waals surface area contributed by atoms with Gasteiger partial charge in [0.1, 0.15) is 6.17 Å². The molecule has 0 radical (unpaired) electrons. The van der Waals surface area contributed by atoms with Crippen LogP contribution in [0.4, 0.5) is 5.95 Å². The van der Waals surface area contributed by atoms with Gasteiger partial charge in [0.25, 0.3) is 5.91 Å². The van der Waals surface area contributed by atoms with Crippen LogP contribution >= 0.6 is 12.2 Å². The summed E-state index contributed by atoms with van der Waals surface area (Å²) in [6.07, 6.45) is 1.33. The monoisotopic (exact) mass is 276 g/mol. The molecule has 1 atom stereocenters. The van der Waals surface area contributed by atoms with Crippen molar-refractivity contribution in [2.75, 3.05) is 5.01 Å². The molecule has 1 amide bonds. The molecule has 3 N–H and O–H groups in total. The molecule has 0 bridgehead atoms. The van der Waals surface area contributed by atoms with Gasteiger partial charge in [0.05, 0.1) is 5.57 Å². The highest BCUT2D eigenvalue weighted by atomic mass is 32.1. The summed E-state index contributed by atoms with van der Waals surface area (Å²) in [6.45, 7) is 3.79. The SMILES string of the molecule is Cc1cc(C)nc(N2C=C3C(=O)NC(=S)NC3N2)n1. The van der Waals surface area contributed by atoms with Crippen molar-refractivity contribution in [3.05, 3.63) is 29.2 Å². The van der Waals surface area contributed by atoms with Gasteiger partial charge < -0.3 is 5.32 Å². The second kappa shape index (κ2) is 4.25. The van der Waals surface area contributed by atoms with E-state index in [1.165, 1.54) is 0 Å². The lowest BCUT2D eigenvalue weighted by Gasteiger charge is -2.24. The summed E-state index contributed by atoms with van der Waals surface area (Å²) in [5, 5.41) is 7.45. The van der Waals surface area contributed by atoms with Crippen LogP contribution in [0.2, 0.25) is 0 Å². The van der Waals surface area contributed by atoms with Crippen LogP contribution in [0.1, 0.15) is 11.4 Å². The van der Waals surface area contributed by atoms with Crippen molar-refractivity contribution in [1.82, 2.24) is 26.0 Å². The first-order chi connectivity index (χ1) is 9.02. The van der Waals surface area contributed by atoms with Gasteiger partial charge in [0, 0.05) is 17.6 Å². The molecule has 1 saturated heterocycles. The van der Waals surface area contributed by atoms with Crippen molar-refractivity contribution in [3.8, 4) is 0 Å². The maximum absolute atomic E-state index is 11.8. The fourth-order valence-electron chi connectivity index (χ4n) is 2.03. The van der Waals surface area contributed by atoms with E-state index in [9.17, 15) is 4.79 Å². The minimum absolute atomic E-state index is 0.215.